The van der Waals surface area contributed by atoms with Gasteiger partial charge in [-0.2, -0.15) is 4.98 Å². The maximum atomic E-state index is 8.75. The van der Waals surface area contributed by atoms with Gasteiger partial charge in [-0.1, -0.05) is 0 Å². The van der Waals surface area contributed by atoms with E-state index in [1.807, 2.05) is 0 Å². The van der Waals surface area contributed by atoms with E-state index < -0.39 is 18.1 Å². The van der Waals surface area contributed by atoms with Gasteiger partial charge in [0.2, 0.25) is 11.8 Å². The smallest absolute Gasteiger partial charge is 0.214 e. The molecule has 0 radical (unpaired) electrons. The molecular weight excluding hydrogens is 150 g/mol. The molecule has 4 N–H and O–H groups in total. The lowest BCUT2D eigenvalue weighted by Gasteiger charge is -2.03. The van der Waals surface area contributed by atoms with Crippen LogP contribution in [0.15, 0.2) is 12.1 Å². The molecule has 1 aromatic heterocycles. The highest BCUT2D eigenvalue weighted by Crippen LogP contribution is 2.19. The molecule has 0 aromatic carbocycles. The maximum Gasteiger partial charge on any atom is 0.214 e. The van der Waals surface area contributed by atoms with E-state index in [1.165, 1.54) is 0 Å². The number of hydrogen-bond donors (Lipinski definition) is 4. The third-order valence-corrected chi connectivity index (χ3v) is 1.12. The van der Waals surface area contributed by atoms with E-state index in [4.69, 9.17) is 20.4 Å². The van der Waals surface area contributed by atoms with E-state index >= 15 is 0 Å². The maximum absolute atomic E-state index is 8.75. The zero-order valence-electron chi connectivity index (χ0n) is 5.47. The second kappa shape index (κ2) is 2.73. The average molecular weight is 157 g/mol. The van der Waals surface area contributed by atoms with Crippen molar-refractivity contribution < 1.29 is 20.4 Å². The van der Waals surface area contributed by atoms with Crippen LogP contribution in [0.2, 0.25) is 0 Å². The first kappa shape index (κ1) is 7.77. The van der Waals surface area contributed by atoms with Gasteiger partial charge in [-0.05, 0) is 0 Å². The molecule has 0 aliphatic carbocycles. The number of hydrogen-bond acceptors (Lipinski definition) is 5. The summed E-state index contributed by atoms with van der Waals surface area (Å²) < 4.78 is 0. The van der Waals surface area contributed by atoms with E-state index in [0.717, 1.165) is 12.1 Å². The molecule has 0 spiro atoms. The Hall–Kier alpha value is -1.33. The molecule has 0 bridgehead atoms. The van der Waals surface area contributed by atoms with Crippen LogP contribution in [0.4, 0.5) is 0 Å². The summed E-state index contributed by atoms with van der Waals surface area (Å²) in [5.41, 5.74) is -0.00463. The van der Waals surface area contributed by atoms with Crippen molar-refractivity contribution in [3.63, 3.8) is 0 Å². The first-order chi connectivity index (χ1) is 5.09. The fourth-order valence-electron chi connectivity index (χ4n) is 0.671. The van der Waals surface area contributed by atoms with Crippen LogP contribution in [0.25, 0.3) is 0 Å². The quantitative estimate of drug-likeness (QED) is 0.411. The van der Waals surface area contributed by atoms with Crippen LogP contribution >= 0.6 is 0 Å². The SMILES string of the molecule is Oc1cc(C(O)O)cc(O)n1. The van der Waals surface area contributed by atoms with Crippen LogP contribution in [0.3, 0.4) is 0 Å². The van der Waals surface area contributed by atoms with Crippen molar-refractivity contribution in [2.75, 3.05) is 0 Å². The molecule has 1 rings (SSSR count). The van der Waals surface area contributed by atoms with Crippen molar-refractivity contribution in [3.05, 3.63) is 17.7 Å². The molecule has 0 aliphatic heterocycles. The number of rotatable bonds is 1. The first-order valence-corrected chi connectivity index (χ1v) is 2.85. The Morgan fingerprint density at radius 2 is 1.55 bits per heavy atom. The van der Waals surface area contributed by atoms with Crippen molar-refractivity contribution in [3.8, 4) is 11.8 Å². The standard InChI is InChI=1S/C6H7NO4/c8-4-1-3(6(10)11)2-5(9)7-4/h1-2,6,10-11H,(H2,7,8,9). The van der Waals surface area contributed by atoms with Crippen LogP contribution in [-0.2, 0) is 0 Å². The van der Waals surface area contributed by atoms with Crippen LogP contribution < -0.4 is 0 Å². The first-order valence-electron chi connectivity index (χ1n) is 2.85. The topological polar surface area (TPSA) is 93.8 Å². The molecule has 0 atom stereocenters. The van der Waals surface area contributed by atoms with E-state index in [9.17, 15) is 0 Å². The Morgan fingerprint density at radius 1 is 1.09 bits per heavy atom. The second-order valence-corrected chi connectivity index (χ2v) is 1.99. The predicted octanol–water partition coefficient (Wildman–Crippen LogP) is -0.524. The summed E-state index contributed by atoms with van der Waals surface area (Å²) in [6.07, 6.45) is -1.71. The largest absolute Gasteiger partial charge is 0.493 e. The number of nitrogens with zero attached hydrogens (tertiary/aromatic N) is 1. The van der Waals surface area contributed by atoms with Gasteiger partial charge >= 0.3 is 0 Å². The van der Waals surface area contributed by atoms with Gasteiger partial charge in [0.05, 0.1) is 0 Å². The predicted molar refractivity (Wildman–Crippen MR) is 34.7 cm³/mol. The Kier molecular flexibility index (Phi) is 1.93. The number of aromatic hydroxyl groups is 2. The minimum atomic E-state index is -1.71. The number of aliphatic hydroxyl groups is 2. The van der Waals surface area contributed by atoms with E-state index in [-0.39, 0.29) is 5.56 Å². The zero-order valence-corrected chi connectivity index (χ0v) is 5.47. The lowest BCUT2D eigenvalue weighted by atomic mass is 10.2. The van der Waals surface area contributed by atoms with Crippen molar-refractivity contribution in [2.45, 2.75) is 6.29 Å². The summed E-state index contributed by atoms with van der Waals surface area (Å²) in [4.78, 5) is 3.21. The van der Waals surface area contributed by atoms with Gasteiger partial charge in [-0.15, -0.1) is 0 Å². The Balaban J connectivity index is 3.08. The third-order valence-electron chi connectivity index (χ3n) is 1.12. The molecular formula is C6H7NO4. The zero-order chi connectivity index (χ0) is 8.43. The average Bonchev–Trinajstić information content (AvgIpc) is 1.85. The van der Waals surface area contributed by atoms with Gasteiger partial charge in [-0.25, -0.2) is 0 Å². The van der Waals surface area contributed by atoms with Crippen LogP contribution in [0.1, 0.15) is 11.9 Å². The third kappa shape index (κ3) is 1.79. The Morgan fingerprint density at radius 3 is 1.91 bits per heavy atom. The summed E-state index contributed by atoms with van der Waals surface area (Å²) in [5, 5.41) is 34.7. The monoisotopic (exact) mass is 157 g/mol. The lowest BCUT2D eigenvalue weighted by Crippen LogP contribution is -1.94. The fourth-order valence-corrected chi connectivity index (χ4v) is 0.671. The van der Waals surface area contributed by atoms with E-state index in [0.29, 0.717) is 0 Å². The minimum absolute atomic E-state index is 0.00463. The fraction of sp³-hybridized carbons (Fsp3) is 0.167. The van der Waals surface area contributed by atoms with Crippen LogP contribution in [-0.4, -0.2) is 25.4 Å². The van der Waals surface area contributed by atoms with Crippen molar-refractivity contribution in [2.24, 2.45) is 0 Å². The molecule has 0 saturated carbocycles. The molecule has 11 heavy (non-hydrogen) atoms. The number of aliphatic hydroxyl groups excluding tert-OH is 1. The highest BCUT2D eigenvalue weighted by molar-refractivity contribution is 5.27. The summed E-state index contributed by atoms with van der Waals surface area (Å²) in [5.74, 6) is -0.902. The molecule has 1 aromatic rings. The molecule has 0 aliphatic rings. The van der Waals surface area contributed by atoms with Gasteiger partial charge < -0.3 is 20.4 Å². The number of pyridine rings is 1. The highest BCUT2D eigenvalue weighted by Gasteiger charge is 2.05. The van der Waals surface area contributed by atoms with Gasteiger partial charge in [0.25, 0.3) is 0 Å². The van der Waals surface area contributed by atoms with Crippen molar-refractivity contribution >= 4 is 0 Å². The van der Waals surface area contributed by atoms with Crippen LogP contribution in [0.5, 0.6) is 11.8 Å². The molecule has 0 saturated heterocycles. The van der Waals surface area contributed by atoms with Gasteiger partial charge in [-0.3, -0.25) is 0 Å². The van der Waals surface area contributed by atoms with Crippen molar-refractivity contribution in [1.82, 2.24) is 4.98 Å². The molecule has 0 unspecified atom stereocenters. The Labute approximate surface area is 62.2 Å². The molecule has 60 valence electrons. The summed E-state index contributed by atoms with van der Waals surface area (Å²) in [6.45, 7) is 0. The molecule has 0 fully saturated rings. The summed E-state index contributed by atoms with van der Waals surface area (Å²) in [6, 6.07) is 2.09. The Bertz CT molecular complexity index is 241. The van der Waals surface area contributed by atoms with E-state index in [2.05, 4.69) is 4.98 Å². The molecule has 0 amide bonds. The summed E-state index contributed by atoms with van der Waals surface area (Å²) in [7, 11) is 0. The molecule has 5 nitrogen and oxygen atoms in total. The lowest BCUT2D eigenvalue weighted by molar-refractivity contribution is -0.0428. The second-order valence-electron chi connectivity index (χ2n) is 1.99. The van der Waals surface area contributed by atoms with Gasteiger partial charge in [0, 0.05) is 17.7 Å². The van der Waals surface area contributed by atoms with Gasteiger partial charge in [0.15, 0.2) is 6.29 Å². The van der Waals surface area contributed by atoms with Crippen LogP contribution in [0, 0.1) is 0 Å². The number of aromatic nitrogens is 1. The van der Waals surface area contributed by atoms with Crippen molar-refractivity contribution in [1.29, 1.82) is 0 Å². The molecule has 5 heteroatoms. The highest BCUT2D eigenvalue weighted by atomic mass is 16.5. The van der Waals surface area contributed by atoms with Gasteiger partial charge in [0.1, 0.15) is 0 Å². The molecule has 1 heterocycles. The minimum Gasteiger partial charge on any atom is -0.493 e. The summed E-state index contributed by atoms with van der Waals surface area (Å²) >= 11 is 0. The normalized spacial score (nSPS) is 10.5. The van der Waals surface area contributed by atoms with E-state index in [1.54, 1.807) is 0 Å².